The van der Waals surface area contributed by atoms with Crippen LogP contribution in [0.25, 0.3) is 0 Å². The summed E-state index contributed by atoms with van der Waals surface area (Å²) >= 11 is 0. The minimum Gasteiger partial charge on any atom is -0.468 e. The average molecular weight is 294 g/mol. The quantitative estimate of drug-likeness (QED) is 0.258. The van der Waals surface area contributed by atoms with E-state index in [0.717, 1.165) is 0 Å². The lowest BCUT2D eigenvalue weighted by Crippen LogP contribution is -2.42. The van der Waals surface area contributed by atoms with E-state index in [2.05, 4.69) is 0 Å². The largest absolute Gasteiger partial charge is 0.468 e. The summed E-state index contributed by atoms with van der Waals surface area (Å²) in [5.74, 6) is -1.89. The molecule has 21 heavy (non-hydrogen) atoms. The first-order valence-electron chi connectivity index (χ1n) is 6.36. The van der Waals surface area contributed by atoms with Crippen LogP contribution in [0, 0.1) is 5.41 Å². The Hall–Kier alpha value is -2.37. The predicted octanol–water partition coefficient (Wildman–Crippen LogP) is 1.67. The van der Waals surface area contributed by atoms with Crippen molar-refractivity contribution in [1.29, 1.82) is 0 Å². The zero-order valence-corrected chi connectivity index (χ0v) is 12.3. The van der Waals surface area contributed by atoms with Gasteiger partial charge in [-0.3, -0.25) is 9.59 Å². The molecule has 0 N–H and O–H groups in total. The van der Waals surface area contributed by atoms with Gasteiger partial charge in [-0.25, -0.2) is 4.79 Å². The van der Waals surface area contributed by atoms with Gasteiger partial charge in [-0.15, -0.1) is 0 Å². The first kappa shape index (κ1) is 16.7. The lowest BCUT2D eigenvalue weighted by molar-refractivity contribution is -0.169. The van der Waals surface area contributed by atoms with Crippen molar-refractivity contribution in [1.82, 2.24) is 0 Å². The van der Waals surface area contributed by atoms with Crippen LogP contribution in [0.2, 0.25) is 0 Å². The van der Waals surface area contributed by atoms with Crippen LogP contribution in [-0.2, 0) is 28.6 Å². The third-order valence-corrected chi connectivity index (χ3v) is 3.09. The molecule has 0 atom stereocenters. The number of allylic oxidation sites excluding steroid dienone is 4. The van der Waals surface area contributed by atoms with Gasteiger partial charge in [0.05, 0.1) is 20.5 Å². The minimum atomic E-state index is -1.43. The number of ether oxygens (including phenoxy) is 3. The van der Waals surface area contributed by atoms with Crippen molar-refractivity contribution in [3.8, 4) is 0 Å². The predicted molar refractivity (Wildman–Crippen MR) is 73.8 cm³/mol. The van der Waals surface area contributed by atoms with Crippen molar-refractivity contribution in [3.63, 3.8) is 0 Å². The van der Waals surface area contributed by atoms with E-state index >= 15 is 0 Å². The Morgan fingerprint density at radius 2 is 1.81 bits per heavy atom. The molecule has 0 aromatic rings. The topological polar surface area (TPSA) is 78.9 Å². The Labute approximate surface area is 123 Å². The Bertz CT molecular complexity index is 496. The molecule has 6 heteroatoms. The molecule has 0 saturated carbocycles. The number of hydrogen-bond donors (Lipinski definition) is 0. The zero-order chi connectivity index (χ0) is 15.9. The smallest absolute Gasteiger partial charge is 0.335 e. The molecule has 1 aliphatic carbocycles. The van der Waals surface area contributed by atoms with Crippen LogP contribution in [-0.4, -0.2) is 32.1 Å². The summed E-state index contributed by atoms with van der Waals surface area (Å²) in [5, 5.41) is 0. The number of hydrogen-bond acceptors (Lipinski definition) is 6. The molecule has 0 aromatic carbocycles. The maximum atomic E-state index is 12.0. The Morgan fingerprint density at radius 1 is 1.19 bits per heavy atom. The molecule has 0 unspecified atom stereocenters. The molecular formula is C15H18O6. The van der Waals surface area contributed by atoms with Crippen molar-refractivity contribution in [2.24, 2.45) is 5.41 Å². The van der Waals surface area contributed by atoms with E-state index < -0.39 is 23.3 Å². The lowest BCUT2D eigenvalue weighted by atomic mass is 9.75. The molecule has 0 bridgehead atoms. The number of rotatable bonds is 4. The Balaban J connectivity index is 2.99. The molecule has 0 saturated heterocycles. The normalized spacial score (nSPS) is 18.5. The molecule has 1 aliphatic rings. The van der Waals surface area contributed by atoms with Crippen LogP contribution in [0.1, 0.15) is 19.8 Å². The summed E-state index contributed by atoms with van der Waals surface area (Å²) in [6, 6.07) is 0. The minimum absolute atomic E-state index is 0.0476. The highest BCUT2D eigenvalue weighted by Crippen LogP contribution is 2.37. The van der Waals surface area contributed by atoms with Crippen LogP contribution < -0.4 is 0 Å². The molecule has 1 rings (SSSR count). The first-order valence-corrected chi connectivity index (χ1v) is 6.36. The molecular weight excluding hydrogens is 276 g/mol. The molecule has 0 amide bonds. The van der Waals surface area contributed by atoms with Gasteiger partial charge in [0.2, 0.25) is 0 Å². The number of esters is 3. The summed E-state index contributed by atoms with van der Waals surface area (Å²) in [5.41, 5.74) is -0.910. The average Bonchev–Trinajstić information content (AvgIpc) is 2.51. The van der Waals surface area contributed by atoms with Gasteiger partial charge in [0.15, 0.2) is 5.41 Å². The van der Waals surface area contributed by atoms with Gasteiger partial charge in [0, 0.05) is 12.5 Å². The molecule has 114 valence electrons. The van der Waals surface area contributed by atoms with Crippen molar-refractivity contribution in [2.75, 3.05) is 14.2 Å². The fraction of sp³-hybridized carbons (Fsp3) is 0.400. The summed E-state index contributed by atoms with van der Waals surface area (Å²) in [4.78, 5) is 35.2. The monoisotopic (exact) mass is 294 g/mol. The zero-order valence-electron chi connectivity index (χ0n) is 12.3. The van der Waals surface area contributed by atoms with Gasteiger partial charge < -0.3 is 14.2 Å². The van der Waals surface area contributed by atoms with Gasteiger partial charge in [0.25, 0.3) is 0 Å². The molecule has 0 spiro atoms. The number of carbonyl (C=O) groups excluding carboxylic acids is 3. The fourth-order valence-electron chi connectivity index (χ4n) is 2.07. The number of methoxy groups -OCH3 is 2. The van der Waals surface area contributed by atoms with Crippen LogP contribution in [0.4, 0.5) is 0 Å². The lowest BCUT2D eigenvalue weighted by Gasteiger charge is -2.29. The van der Waals surface area contributed by atoms with Crippen LogP contribution >= 0.6 is 0 Å². The maximum Gasteiger partial charge on any atom is 0.335 e. The third kappa shape index (κ3) is 3.81. The molecule has 0 aliphatic heterocycles. The van der Waals surface area contributed by atoms with Crippen LogP contribution in [0.3, 0.4) is 0 Å². The highest BCUT2D eigenvalue weighted by molar-refractivity contribution is 6.01. The van der Waals surface area contributed by atoms with Crippen molar-refractivity contribution >= 4 is 17.9 Å². The van der Waals surface area contributed by atoms with E-state index in [1.54, 1.807) is 25.2 Å². The molecule has 0 heterocycles. The van der Waals surface area contributed by atoms with Crippen LogP contribution in [0.15, 0.2) is 36.1 Å². The summed E-state index contributed by atoms with van der Waals surface area (Å²) in [6.45, 7) is 1.69. The van der Waals surface area contributed by atoms with E-state index in [1.807, 2.05) is 0 Å². The molecule has 0 fully saturated rings. The van der Waals surface area contributed by atoms with E-state index in [0.29, 0.717) is 5.57 Å². The molecule has 6 nitrogen and oxygen atoms in total. The van der Waals surface area contributed by atoms with Crippen molar-refractivity contribution < 1.29 is 28.6 Å². The SMILES string of the molecule is C/C=C/C(=O)O/C=C1\C=CCC(C(=O)OC)(C(=O)OC)C1. The fourth-order valence-corrected chi connectivity index (χ4v) is 2.07. The van der Waals surface area contributed by atoms with E-state index in [9.17, 15) is 14.4 Å². The van der Waals surface area contributed by atoms with Crippen LogP contribution in [0.5, 0.6) is 0 Å². The maximum absolute atomic E-state index is 12.0. The van der Waals surface area contributed by atoms with E-state index in [-0.39, 0.29) is 12.8 Å². The van der Waals surface area contributed by atoms with Gasteiger partial charge in [-0.1, -0.05) is 18.2 Å². The third-order valence-electron chi connectivity index (χ3n) is 3.09. The highest BCUT2D eigenvalue weighted by atomic mass is 16.5. The molecule has 0 radical (unpaired) electrons. The van der Waals surface area contributed by atoms with Gasteiger partial charge in [-0.2, -0.15) is 0 Å². The summed E-state index contributed by atoms with van der Waals surface area (Å²) in [6.07, 6.45) is 7.58. The highest BCUT2D eigenvalue weighted by Gasteiger charge is 2.49. The van der Waals surface area contributed by atoms with E-state index in [1.165, 1.54) is 26.6 Å². The standard InChI is InChI=1S/C15H18O6/c1-4-6-12(16)21-10-11-7-5-8-15(9-11,13(17)19-2)14(18)20-3/h4-7,10H,8-9H2,1-3H3/b6-4+,11-10+. The Morgan fingerprint density at radius 3 is 2.33 bits per heavy atom. The van der Waals surface area contributed by atoms with Crippen molar-refractivity contribution in [2.45, 2.75) is 19.8 Å². The van der Waals surface area contributed by atoms with Crippen molar-refractivity contribution in [3.05, 3.63) is 36.1 Å². The second kappa shape index (κ2) is 7.42. The van der Waals surface area contributed by atoms with E-state index in [4.69, 9.17) is 14.2 Å². The molecule has 0 aromatic heterocycles. The summed E-state index contributed by atoms with van der Waals surface area (Å²) < 4.78 is 14.3. The first-order chi connectivity index (χ1) is 10.00. The van der Waals surface area contributed by atoms with Gasteiger partial charge >= 0.3 is 17.9 Å². The number of carbonyl (C=O) groups is 3. The second-order valence-electron chi connectivity index (χ2n) is 4.48. The Kier molecular flexibility index (Phi) is 5.90. The summed E-state index contributed by atoms with van der Waals surface area (Å²) in [7, 11) is 2.42. The van der Waals surface area contributed by atoms with Gasteiger partial charge in [0.1, 0.15) is 0 Å². The van der Waals surface area contributed by atoms with Gasteiger partial charge in [-0.05, 0) is 18.9 Å². The second-order valence-corrected chi connectivity index (χ2v) is 4.48.